The highest BCUT2D eigenvalue weighted by molar-refractivity contribution is 6.01. The van der Waals surface area contributed by atoms with Gasteiger partial charge in [-0.3, -0.25) is 9.69 Å². The van der Waals surface area contributed by atoms with Gasteiger partial charge in [0.2, 0.25) is 0 Å². The van der Waals surface area contributed by atoms with Crippen LogP contribution in [-0.2, 0) is 22.6 Å². The lowest BCUT2D eigenvalue weighted by atomic mass is 9.99. The second-order valence-electron chi connectivity index (χ2n) is 16.9. The van der Waals surface area contributed by atoms with Gasteiger partial charge in [0.1, 0.15) is 35.2 Å². The van der Waals surface area contributed by atoms with Gasteiger partial charge in [0.05, 0.1) is 43.2 Å². The summed E-state index contributed by atoms with van der Waals surface area (Å²) in [6.45, 7) is 19.8. The second kappa shape index (κ2) is 16.9. The number of amides is 2. The Bertz CT molecular complexity index is 2190. The first kappa shape index (κ1) is 40.9. The van der Waals surface area contributed by atoms with Crippen molar-refractivity contribution < 1.29 is 23.5 Å². The molecule has 0 spiro atoms. The predicted octanol–water partition coefficient (Wildman–Crippen LogP) is 6.88. The molecule has 2 amide bonds. The van der Waals surface area contributed by atoms with E-state index in [9.17, 15) is 19.2 Å². The van der Waals surface area contributed by atoms with Gasteiger partial charge in [-0.15, -0.1) is 0 Å². The van der Waals surface area contributed by atoms with Crippen molar-refractivity contribution in [1.82, 2.24) is 29.2 Å². The van der Waals surface area contributed by atoms with Crippen LogP contribution in [0.3, 0.4) is 0 Å². The molecule has 5 heterocycles. The van der Waals surface area contributed by atoms with E-state index in [1.807, 2.05) is 52.2 Å². The van der Waals surface area contributed by atoms with Crippen LogP contribution >= 0.6 is 0 Å². The highest BCUT2D eigenvalue weighted by Gasteiger charge is 2.35. The first-order valence-corrected chi connectivity index (χ1v) is 20.5. The Labute approximate surface area is 340 Å². The van der Waals surface area contributed by atoms with Crippen molar-refractivity contribution in [3.63, 3.8) is 0 Å². The SMILES string of the molecule is CCN(C(=O)c1cc(F)ccc1N1CCN(C2CCN(Cc3ccc4c(cc(C#N)n4CC4CN(C(=O)OC(C)(C)C)CCO4)c3C)CC2)c2ncncc21)C(C)C. The molecule has 7 rings (SSSR count). The minimum absolute atomic E-state index is 0.0225. The normalized spacial score (nSPS) is 18.1. The molecule has 2 fully saturated rings. The van der Waals surface area contributed by atoms with Gasteiger partial charge in [0.15, 0.2) is 5.82 Å². The highest BCUT2D eigenvalue weighted by Crippen LogP contribution is 2.40. The van der Waals surface area contributed by atoms with E-state index in [1.165, 1.54) is 17.7 Å². The van der Waals surface area contributed by atoms with Gasteiger partial charge < -0.3 is 33.6 Å². The van der Waals surface area contributed by atoms with Gasteiger partial charge in [0, 0.05) is 68.8 Å². The highest BCUT2D eigenvalue weighted by atomic mass is 19.1. The monoisotopic (exact) mass is 793 g/mol. The summed E-state index contributed by atoms with van der Waals surface area (Å²) >= 11 is 0. The molecule has 58 heavy (non-hydrogen) atoms. The van der Waals surface area contributed by atoms with Crippen LogP contribution in [0.4, 0.5) is 26.4 Å². The maximum atomic E-state index is 14.6. The average molecular weight is 794 g/mol. The fourth-order valence-electron chi connectivity index (χ4n) is 8.72. The zero-order valence-corrected chi connectivity index (χ0v) is 34.9. The third-order valence-corrected chi connectivity index (χ3v) is 11.7. The Morgan fingerprint density at radius 1 is 1.07 bits per heavy atom. The summed E-state index contributed by atoms with van der Waals surface area (Å²) in [4.78, 5) is 46.0. The molecule has 0 N–H and O–H groups in total. The topological polar surface area (TPSA) is 123 Å². The Hall–Kier alpha value is -5.26. The van der Waals surface area contributed by atoms with E-state index in [0.29, 0.717) is 62.8 Å². The third kappa shape index (κ3) is 8.47. The molecular weight excluding hydrogens is 738 g/mol. The number of carbonyl (C=O) groups excluding carboxylic acids is 2. The van der Waals surface area contributed by atoms with E-state index in [4.69, 9.17) is 14.5 Å². The van der Waals surface area contributed by atoms with Gasteiger partial charge in [-0.05, 0) is 103 Å². The van der Waals surface area contributed by atoms with E-state index >= 15 is 0 Å². The molecular formula is C44H56FN9O4. The third-order valence-electron chi connectivity index (χ3n) is 11.7. The smallest absolute Gasteiger partial charge is 0.410 e. The van der Waals surface area contributed by atoms with E-state index in [-0.39, 0.29) is 30.2 Å². The van der Waals surface area contributed by atoms with E-state index in [1.54, 1.807) is 28.4 Å². The van der Waals surface area contributed by atoms with E-state index in [0.717, 1.165) is 60.4 Å². The molecule has 3 aliphatic heterocycles. The maximum Gasteiger partial charge on any atom is 0.410 e. The number of piperidine rings is 1. The number of aromatic nitrogens is 3. The standard InChI is InChI=1S/C44H56FN9O4/c1-8-51(29(2)3)42(55)37-21-32(45)10-12-39(37)53-18-17-52(41-40(53)24-47-28-48-41)33-13-15-49(16-14-33)25-31-9-11-38-36(30(31)4)22-34(23-46)54(38)27-35-26-50(19-20-57-35)43(56)58-44(5,6)7/h9-12,21-22,24,28-29,33,35H,8,13-20,25-27H2,1-7H3. The van der Waals surface area contributed by atoms with Crippen LogP contribution in [0, 0.1) is 24.1 Å². The van der Waals surface area contributed by atoms with Crippen LogP contribution in [0.1, 0.15) is 81.6 Å². The maximum absolute atomic E-state index is 14.6. The number of carbonyl (C=O) groups is 2. The lowest BCUT2D eigenvalue weighted by molar-refractivity contribution is -0.0469. The zero-order chi connectivity index (χ0) is 41.3. The van der Waals surface area contributed by atoms with Crippen LogP contribution in [-0.4, -0.2) is 117 Å². The largest absolute Gasteiger partial charge is 0.444 e. The molecule has 13 nitrogen and oxygen atoms in total. The number of nitriles is 1. The summed E-state index contributed by atoms with van der Waals surface area (Å²) < 4.78 is 28.3. The van der Waals surface area contributed by atoms with Crippen molar-refractivity contribution in [3.8, 4) is 6.07 Å². The molecule has 308 valence electrons. The first-order chi connectivity index (χ1) is 27.8. The summed E-state index contributed by atoms with van der Waals surface area (Å²) in [7, 11) is 0. The first-order valence-electron chi connectivity index (χ1n) is 20.5. The molecule has 14 heteroatoms. The summed E-state index contributed by atoms with van der Waals surface area (Å²) in [5.41, 5.74) is 5.17. The number of nitrogens with zero attached hydrogens (tertiary/aromatic N) is 9. The molecule has 0 bridgehead atoms. The van der Waals surface area contributed by atoms with Gasteiger partial charge in [-0.1, -0.05) is 6.07 Å². The van der Waals surface area contributed by atoms with Gasteiger partial charge in [-0.2, -0.15) is 5.26 Å². The number of rotatable bonds is 9. The van der Waals surface area contributed by atoms with Crippen LogP contribution in [0.2, 0.25) is 0 Å². The number of ether oxygens (including phenoxy) is 2. The molecule has 3 aliphatic rings. The summed E-state index contributed by atoms with van der Waals surface area (Å²) in [6, 6.07) is 13.4. The molecule has 4 aromatic rings. The lowest BCUT2D eigenvalue weighted by Crippen LogP contribution is -2.50. The van der Waals surface area contributed by atoms with Crippen molar-refractivity contribution in [2.75, 3.05) is 62.2 Å². The fourth-order valence-corrected chi connectivity index (χ4v) is 8.72. The predicted molar refractivity (Wildman–Crippen MR) is 222 cm³/mol. The zero-order valence-electron chi connectivity index (χ0n) is 34.9. The number of likely N-dealkylation sites (tertiary alicyclic amines) is 1. The van der Waals surface area contributed by atoms with Crippen LogP contribution in [0.25, 0.3) is 10.9 Å². The van der Waals surface area contributed by atoms with Crippen molar-refractivity contribution >= 4 is 40.1 Å². The minimum atomic E-state index is -0.578. The fraction of sp³-hybridized carbons (Fsp3) is 0.523. The minimum Gasteiger partial charge on any atom is -0.444 e. The van der Waals surface area contributed by atoms with Crippen molar-refractivity contribution in [2.24, 2.45) is 0 Å². The summed E-state index contributed by atoms with van der Waals surface area (Å²) in [5.74, 6) is 0.190. The Balaban J connectivity index is 1.02. The molecule has 1 atom stereocenters. The number of hydrogen-bond acceptors (Lipinski definition) is 10. The van der Waals surface area contributed by atoms with Crippen LogP contribution in [0.15, 0.2) is 48.9 Å². The second-order valence-corrected chi connectivity index (χ2v) is 16.9. The number of aryl methyl sites for hydroxylation is 1. The van der Waals surface area contributed by atoms with E-state index < -0.39 is 11.4 Å². The Kier molecular flexibility index (Phi) is 11.9. The van der Waals surface area contributed by atoms with E-state index in [2.05, 4.69) is 44.8 Å². The van der Waals surface area contributed by atoms with Crippen LogP contribution in [0.5, 0.6) is 0 Å². The Morgan fingerprint density at radius 2 is 1.84 bits per heavy atom. The number of halogens is 1. The van der Waals surface area contributed by atoms with Gasteiger partial charge in [0.25, 0.3) is 5.91 Å². The molecule has 0 aliphatic carbocycles. The van der Waals surface area contributed by atoms with Crippen molar-refractivity contribution in [3.05, 3.63) is 77.1 Å². The average Bonchev–Trinajstić information content (AvgIpc) is 3.56. The number of morpholine rings is 1. The number of fused-ring (bicyclic) bond motifs is 2. The van der Waals surface area contributed by atoms with Crippen molar-refractivity contribution in [2.45, 2.75) is 98.2 Å². The molecule has 2 aromatic heterocycles. The molecule has 0 radical (unpaired) electrons. The Morgan fingerprint density at radius 3 is 2.55 bits per heavy atom. The van der Waals surface area contributed by atoms with Gasteiger partial charge in [-0.25, -0.2) is 19.2 Å². The molecule has 0 saturated carbocycles. The quantitative estimate of drug-likeness (QED) is 0.177. The lowest BCUT2D eigenvalue weighted by Gasteiger charge is -2.44. The molecule has 2 saturated heterocycles. The molecule has 1 unspecified atom stereocenters. The number of hydrogen-bond donors (Lipinski definition) is 0. The number of anilines is 3. The molecule has 2 aromatic carbocycles. The van der Waals surface area contributed by atoms with Crippen molar-refractivity contribution in [1.29, 1.82) is 5.26 Å². The number of benzene rings is 2. The summed E-state index contributed by atoms with van der Waals surface area (Å²) in [6.07, 6.45) is 4.68. The van der Waals surface area contributed by atoms with Crippen LogP contribution < -0.4 is 9.80 Å². The summed E-state index contributed by atoms with van der Waals surface area (Å²) in [5, 5.41) is 11.2. The van der Waals surface area contributed by atoms with Gasteiger partial charge >= 0.3 is 6.09 Å².